The second kappa shape index (κ2) is 5.02. The number of amides is 2. The van der Waals surface area contributed by atoms with Gasteiger partial charge in [-0.3, -0.25) is 9.59 Å². The highest BCUT2D eigenvalue weighted by Crippen LogP contribution is 2.51. The second-order valence-electron chi connectivity index (χ2n) is 6.13. The predicted octanol–water partition coefficient (Wildman–Crippen LogP) is 2.35. The lowest BCUT2D eigenvalue weighted by Crippen LogP contribution is -2.54. The Hall–Kier alpha value is -1.11. The van der Waals surface area contributed by atoms with Gasteiger partial charge in [-0.1, -0.05) is 6.42 Å². The average molecular weight is 292 g/mol. The Morgan fingerprint density at radius 1 is 1.20 bits per heavy atom. The molecular weight excluding hydrogens is 273 g/mol. The summed E-state index contributed by atoms with van der Waals surface area (Å²) in [6, 6.07) is 0. The molecule has 20 heavy (non-hydrogen) atoms. The maximum atomic E-state index is 12.9. The maximum absolute atomic E-state index is 12.9. The molecule has 7 heteroatoms. The molecule has 0 bridgehead atoms. The number of hydrogen-bond acceptors (Lipinski definition) is 3. The van der Waals surface area contributed by atoms with E-state index in [0.717, 1.165) is 5.01 Å². The molecule has 1 spiro atoms. The summed E-state index contributed by atoms with van der Waals surface area (Å²) < 4.78 is 38.7. The van der Waals surface area contributed by atoms with Gasteiger partial charge in [0, 0.05) is 26.9 Å². The third kappa shape index (κ3) is 2.82. The van der Waals surface area contributed by atoms with Crippen LogP contribution in [0.4, 0.5) is 13.2 Å². The van der Waals surface area contributed by atoms with Crippen LogP contribution < -0.4 is 0 Å². The molecule has 0 N–H and O–H groups in total. The number of nitrogens with zero attached hydrogens (tertiary/aromatic N) is 2. The van der Waals surface area contributed by atoms with Gasteiger partial charge in [0.2, 0.25) is 11.8 Å². The van der Waals surface area contributed by atoms with Gasteiger partial charge in [-0.2, -0.15) is 13.2 Å². The van der Waals surface area contributed by atoms with Crippen molar-refractivity contribution in [2.75, 3.05) is 14.1 Å². The molecule has 1 aliphatic carbocycles. The Morgan fingerprint density at radius 3 is 2.20 bits per heavy atom. The van der Waals surface area contributed by atoms with Gasteiger partial charge >= 0.3 is 6.18 Å². The molecule has 114 valence electrons. The Morgan fingerprint density at radius 2 is 1.75 bits per heavy atom. The maximum Gasteiger partial charge on any atom is 0.391 e. The van der Waals surface area contributed by atoms with Gasteiger partial charge in [0.05, 0.1) is 5.92 Å². The lowest BCUT2D eigenvalue weighted by atomic mass is 9.64. The summed E-state index contributed by atoms with van der Waals surface area (Å²) in [7, 11) is 3.15. The Balaban J connectivity index is 2.17. The first-order chi connectivity index (χ1) is 9.15. The number of halogens is 3. The molecule has 2 rings (SSSR count). The van der Waals surface area contributed by atoms with E-state index in [1.807, 2.05) is 0 Å². The smallest absolute Gasteiger partial charge is 0.273 e. The highest BCUT2D eigenvalue weighted by molar-refractivity contribution is 5.97. The number of imide groups is 1. The summed E-state index contributed by atoms with van der Waals surface area (Å²) in [5, 5.41) is 2.42. The van der Waals surface area contributed by atoms with Gasteiger partial charge in [-0.05, 0) is 24.7 Å². The van der Waals surface area contributed by atoms with Crippen molar-refractivity contribution in [3.8, 4) is 0 Å². The summed E-state index contributed by atoms with van der Waals surface area (Å²) in [5.41, 5.74) is -0.793. The third-order valence-corrected chi connectivity index (χ3v) is 4.33. The van der Waals surface area contributed by atoms with Crippen molar-refractivity contribution in [3.63, 3.8) is 0 Å². The largest absolute Gasteiger partial charge is 0.391 e. The predicted molar refractivity (Wildman–Crippen MR) is 65.2 cm³/mol. The van der Waals surface area contributed by atoms with Crippen LogP contribution in [0.15, 0.2) is 0 Å². The van der Waals surface area contributed by atoms with Crippen molar-refractivity contribution in [2.45, 2.75) is 44.7 Å². The molecular formula is C13H19F3N2O2. The van der Waals surface area contributed by atoms with Crippen molar-refractivity contribution in [2.24, 2.45) is 11.3 Å². The van der Waals surface area contributed by atoms with Crippen molar-refractivity contribution >= 4 is 11.8 Å². The number of alkyl halides is 3. The average Bonchev–Trinajstić information content (AvgIpc) is 2.25. The molecule has 2 aliphatic rings. The van der Waals surface area contributed by atoms with E-state index >= 15 is 0 Å². The van der Waals surface area contributed by atoms with E-state index in [1.165, 1.54) is 5.01 Å². The van der Waals surface area contributed by atoms with Crippen LogP contribution >= 0.6 is 0 Å². The van der Waals surface area contributed by atoms with Crippen LogP contribution in [-0.4, -0.2) is 42.1 Å². The van der Waals surface area contributed by atoms with Gasteiger partial charge in [-0.15, -0.1) is 0 Å². The van der Waals surface area contributed by atoms with Gasteiger partial charge in [0.1, 0.15) is 0 Å². The minimum absolute atomic E-state index is 0.0312. The molecule has 2 fully saturated rings. The number of hydrogen-bond donors (Lipinski definition) is 0. The van der Waals surface area contributed by atoms with Crippen LogP contribution in [-0.2, 0) is 9.59 Å². The van der Waals surface area contributed by atoms with Crippen LogP contribution in [0.2, 0.25) is 0 Å². The molecule has 1 aliphatic heterocycles. The molecule has 2 amide bonds. The molecule has 1 atom stereocenters. The zero-order chi connectivity index (χ0) is 15.1. The minimum Gasteiger partial charge on any atom is -0.273 e. The Kier molecular flexibility index (Phi) is 3.83. The molecule has 1 saturated heterocycles. The fourth-order valence-corrected chi connectivity index (χ4v) is 3.49. The topological polar surface area (TPSA) is 40.6 Å². The van der Waals surface area contributed by atoms with Crippen LogP contribution in [0.5, 0.6) is 0 Å². The molecule has 0 aromatic rings. The van der Waals surface area contributed by atoms with Crippen molar-refractivity contribution in [1.82, 2.24) is 10.0 Å². The van der Waals surface area contributed by atoms with E-state index in [1.54, 1.807) is 14.1 Å². The Labute approximate surface area is 115 Å². The molecule has 0 radical (unpaired) electrons. The quantitative estimate of drug-likeness (QED) is 0.697. The summed E-state index contributed by atoms with van der Waals surface area (Å²) in [4.78, 5) is 24.1. The lowest BCUT2D eigenvalue weighted by Gasteiger charge is -2.46. The highest BCUT2D eigenvalue weighted by atomic mass is 19.4. The summed E-state index contributed by atoms with van der Waals surface area (Å²) in [6.45, 7) is 0. The summed E-state index contributed by atoms with van der Waals surface area (Å²) >= 11 is 0. The normalized spacial score (nSPS) is 27.5. The van der Waals surface area contributed by atoms with Crippen LogP contribution in [0.1, 0.15) is 38.5 Å². The zero-order valence-corrected chi connectivity index (χ0v) is 11.7. The summed E-state index contributed by atoms with van der Waals surface area (Å²) in [6.07, 6.45) is -3.23. The number of carbonyl (C=O) groups is 2. The lowest BCUT2D eigenvalue weighted by molar-refractivity contribution is -0.200. The van der Waals surface area contributed by atoms with Gasteiger partial charge in [0.25, 0.3) is 0 Å². The van der Waals surface area contributed by atoms with Gasteiger partial charge in [0.15, 0.2) is 0 Å². The van der Waals surface area contributed by atoms with Gasteiger partial charge < -0.3 is 0 Å². The van der Waals surface area contributed by atoms with Crippen LogP contribution in [0.25, 0.3) is 0 Å². The molecule has 1 heterocycles. The first-order valence-corrected chi connectivity index (χ1v) is 6.74. The molecule has 0 aromatic carbocycles. The fraction of sp³-hybridized carbons (Fsp3) is 0.846. The van der Waals surface area contributed by atoms with E-state index in [0.29, 0.717) is 12.8 Å². The van der Waals surface area contributed by atoms with E-state index < -0.39 is 29.3 Å². The number of hydrazine groups is 1. The fourth-order valence-electron chi connectivity index (χ4n) is 3.49. The monoisotopic (exact) mass is 292 g/mol. The number of carbonyl (C=O) groups excluding carboxylic acids is 2. The van der Waals surface area contributed by atoms with Gasteiger partial charge in [-0.25, -0.2) is 10.0 Å². The Bertz CT molecular complexity index is 402. The molecule has 1 saturated carbocycles. The minimum atomic E-state index is -4.24. The van der Waals surface area contributed by atoms with E-state index in [9.17, 15) is 22.8 Å². The van der Waals surface area contributed by atoms with Crippen molar-refractivity contribution < 1.29 is 22.8 Å². The SMILES string of the molecule is CN(C)N1C(=O)CC2(CCC[C@H](C(F)(F)F)C2)CC1=O. The first kappa shape index (κ1) is 15.3. The standard InChI is InChI=1S/C13H19F3N2O2/c1-17(2)18-10(19)7-12(8-11(18)20)5-3-4-9(6-12)13(14,15)16/h9H,3-8H2,1-2H3/t9-/m0/s1. The number of rotatable bonds is 1. The van der Waals surface area contributed by atoms with E-state index in [2.05, 4.69) is 0 Å². The first-order valence-electron chi connectivity index (χ1n) is 6.74. The third-order valence-electron chi connectivity index (χ3n) is 4.33. The highest BCUT2D eigenvalue weighted by Gasteiger charge is 2.52. The summed E-state index contributed by atoms with van der Waals surface area (Å²) in [5.74, 6) is -2.18. The van der Waals surface area contributed by atoms with Crippen LogP contribution in [0, 0.1) is 11.3 Å². The number of piperidine rings is 1. The van der Waals surface area contributed by atoms with Crippen LogP contribution in [0.3, 0.4) is 0 Å². The van der Waals surface area contributed by atoms with E-state index in [-0.39, 0.29) is 25.7 Å². The molecule has 0 unspecified atom stereocenters. The zero-order valence-electron chi connectivity index (χ0n) is 11.7. The molecule has 0 aromatic heterocycles. The van der Waals surface area contributed by atoms with Crippen molar-refractivity contribution in [3.05, 3.63) is 0 Å². The van der Waals surface area contributed by atoms with E-state index in [4.69, 9.17) is 0 Å². The van der Waals surface area contributed by atoms with Crippen molar-refractivity contribution in [1.29, 1.82) is 0 Å². The second-order valence-corrected chi connectivity index (χ2v) is 6.13. The molecule has 4 nitrogen and oxygen atoms in total.